The van der Waals surface area contributed by atoms with Gasteiger partial charge in [0.25, 0.3) is 0 Å². The molecular weight excluding hydrogens is 297 g/mol. The highest BCUT2D eigenvalue weighted by atomic mass is 127. The van der Waals surface area contributed by atoms with Crippen molar-refractivity contribution in [3.63, 3.8) is 0 Å². The van der Waals surface area contributed by atoms with E-state index < -0.39 is 0 Å². The van der Waals surface area contributed by atoms with Crippen molar-refractivity contribution < 1.29 is 0 Å². The molecule has 1 fully saturated rings. The summed E-state index contributed by atoms with van der Waals surface area (Å²) in [5, 5.41) is 0. The zero-order valence-corrected chi connectivity index (χ0v) is 11.8. The summed E-state index contributed by atoms with van der Waals surface area (Å²) in [6, 6.07) is 9.54. The average molecular weight is 315 g/mol. The zero-order valence-electron chi connectivity index (χ0n) is 9.63. The number of halogens is 1. The minimum atomic E-state index is 0.231. The summed E-state index contributed by atoms with van der Waals surface area (Å²) in [5.74, 6) is 0. The molecule has 1 aromatic carbocycles. The quantitative estimate of drug-likeness (QED) is 0.581. The van der Waals surface area contributed by atoms with Crippen LogP contribution in [0.25, 0.3) is 0 Å². The van der Waals surface area contributed by atoms with Gasteiger partial charge in [-0.25, -0.2) is 0 Å². The van der Waals surface area contributed by atoms with E-state index in [-0.39, 0.29) is 5.41 Å². The van der Waals surface area contributed by atoms with Gasteiger partial charge in [-0.2, -0.15) is 0 Å². The fourth-order valence-corrected chi connectivity index (χ4v) is 2.77. The second-order valence-corrected chi connectivity index (χ2v) is 6.35. The number of hydrogen-bond acceptors (Lipinski definition) is 1. The van der Waals surface area contributed by atoms with Gasteiger partial charge in [0.1, 0.15) is 0 Å². The molecule has 1 aliphatic rings. The summed E-state index contributed by atoms with van der Waals surface area (Å²) in [6.45, 7) is 6.84. The Morgan fingerprint density at radius 2 is 1.80 bits per heavy atom. The Balaban J connectivity index is 2.37. The van der Waals surface area contributed by atoms with Gasteiger partial charge in [0.2, 0.25) is 0 Å². The lowest BCUT2D eigenvalue weighted by Crippen LogP contribution is -2.19. The lowest BCUT2D eigenvalue weighted by molar-refractivity contribution is 0.590. The highest BCUT2D eigenvalue weighted by Gasteiger charge is 2.30. The van der Waals surface area contributed by atoms with Crippen LogP contribution in [-0.2, 0) is 5.41 Å². The smallest absolute Gasteiger partial charge is 0.0594 e. The van der Waals surface area contributed by atoms with Crippen molar-refractivity contribution >= 4 is 28.6 Å². The first kappa shape index (κ1) is 11.2. The summed E-state index contributed by atoms with van der Waals surface area (Å²) in [7, 11) is 0. The van der Waals surface area contributed by atoms with Gasteiger partial charge in [-0.3, -0.25) is 0 Å². The van der Waals surface area contributed by atoms with Crippen LogP contribution < -0.4 is 3.11 Å². The van der Waals surface area contributed by atoms with Crippen LogP contribution in [0.5, 0.6) is 0 Å². The van der Waals surface area contributed by atoms with Gasteiger partial charge in [0.15, 0.2) is 0 Å². The topological polar surface area (TPSA) is 3.24 Å². The van der Waals surface area contributed by atoms with Gasteiger partial charge in [-0.15, -0.1) is 0 Å². The molecule has 0 bridgehead atoms. The Morgan fingerprint density at radius 3 is 2.33 bits per heavy atom. The van der Waals surface area contributed by atoms with Crippen LogP contribution in [-0.4, -0.2) is 6.04 Å². The monoisotopic (exact) mass is 315 g/mol. The molecule has 82 valence electrons. The molecule has 0 atom stereocenters. The fraction of sp³-hybridized carbons (Fsp3) is 0.538. The summed E-state index contributed by atoms with van der Waals surface area (Å²) >= 11 is 2.46. The summed E-state index contributed by atoms with van der Waals surface area (Å²) in [5.41, 5.74) is 3.08. The maximum atomic E-state index is 2.46. The van der Waals surface area contributed by atoms with Crippen LogP contribution in [0.2, 0.25) is 0 Å². The van der Waals surface area contributed by atoms with Crippen LogP contribution in [0.15, 0.2) is 24.3 Å². The molecule has 0 aliphatic heterocycles. The summed E-state index contributed by atoms with van der Waals surface area (Å²) in [4.78, 5) is 0. The molecule has 1 aromatic rings. The van der Waals surface area contributed by atoms with Crippen molar-refractivity contribution in [3.8, 4) is 0 Å². The van der Waals surface area contributed by atoms with Gasteiger partial charge < -0.3 is 3.11 Å². The van der Waals surface area contributed by atoms with Gasteiger partial charge in [-0.05, 0) is 29.9 Å². The van der Waals surface area contributed by atoms with Crippen molar-refractivity contribution in [3.05, 3.63) is 29.8 Å². The predicted molar refractivity (Wildman–Crippen MR) is 74.7 cm³/mol. The van der Waals surface area contributed by atoms with Crippen molar-refractivity contribution in [2.24, 2.45) is 0 Å². The highest BCUT2D eigenvalue weighted by Crippen LogP contribution is 2.39. The van der Waals surface area contributed by atoms with E-state index in [2.05, 4.69) is 71.0 Å². The van der Waals surface area contributed by atoms with Crippen LogP contribution in [0.4, 0.5) is 5.69 Å². The molecule has 0 unspecified atom stereocenters. The van der Waals surface area contributed by atoms with E-state index in [1.165, 1.54) is 24.1 Å². The lowest BCUT2D eigenvalue weighted by atomic mass is 9.86. The van der Waals surface area contributed by atoms with Crippen LogP contribution >= 0.6 is 22.9 Å². The third-order valence-electron chi connectivity index (χ3n) is 2.81. The Morgan fingerprint density at radius 1 is 1.20 bits per heavy atom. The average Bonchev–Trinajstić information content (AvgIpc) is 2.98. The molecule has 0 N–H and O–H groups in total. The van der Waals surface area contributed by atoms with Gasteiger partial charge in [-0.1, -0.05) is 39.0 Å². The van der Waals surface area contributed by atoms with Crippen LogP contribution in [0, 0.1) is 0 Å². The van der Waals surface area contributed by atoms with Crippen LogP contribution in [0.3, 0.4) is 0 Å². The molecule has 0 spiro atoms. The Bertz CT molecular complexity index is 350. The summed E-state index contributed by atoms with van der Waals surface area (Å²) < 4.78 is 2.42. The van der Waals surface area contributed by atoms with E-state index in [1.54, 1.807) is 0 Å². The second-order valence-electron chi connectivity index (χ2n) is 5.31. The molecule has 1 saturated carbocycles. The number of anilines is 1. The molecule has 2 rings (SSSR count). The lowest BCUT2D eigenvalue weighted by Gasteiger charge is -2.27. The minimum absolute atomic E-state index is 0.231. The Kier molecular flexibility index (Phi) is 2.97. The van der Waals surface area contributed by atoms with E-state index >= 15 is 0 Å². The first-order chi connectivity index (χ1) is 7.00. The maximum Gasteiger partial charge on any atom is 0.0594 e. The van der Waals surface area contributed by atoms with Gasteiger partial charge >= 0.3 is 0 Å². The Labute approximate surface area is 106 Å². The molecule has 15 heavy (non-hydrogen) atoms. The number of para-hydroxylation sites is 1. The first-order valence-electron chi connectivity index (χ1n) is 5.54. The summed E-state index contributed by atoms with van der Waals surface area (Å²) in [6.07, 6.45) is 2.70. The van der Waals surface area contributed by atoms with Crippen molar-refractivity contribution in [2.75, 3.05) is 3.11 Å². The standard InChI is InChI=1S/C13H18IN/c1-13(2,3)11-6-4-5-7-12(11)15(14)10-8-9-10/h4-7,10H,8-9H2,1-3H3. The molecule has 0 amide bonds. The molecule has 2 heteroatoms. The fourth-order valence-electron chi connectivity index (χ4n) is 1.79. The molecule has 1 aliphatic carbocycles. The maximum absolute atomic E-state index is 2.46. The van der Waals surface area contributed by atoms with E-state index in [0.717, 1.165) is 6.04 Å². The number of hydrogen-bond donors (Lipinski definition) is 0. The minimum Gasteiger partial charge on any atom is -0.311 e. The first-order valence-corrected chi connectivity index (χ1v) is 6.51. The number of rotatable bonds is 2. The van der Waals surface area contributed by atoms with E-state index in [0.29, 0.717) is 0 Å². The zero-order chi connectivity index (χ0) is 11.1. The van der Waals surface area contributed by atoms with Crippen molar-refractivity contribution in [1.29, 1.82) is 0 Å². The Hall–Kier alpha value is -0.250. The van der Waals surface area contributed by atoms with Crippen molar-refractivity contribution in [2.45, 2.75) is 45.1 Å². The normalized spacial score (nSPS) is 16.5. The third kappa shape index (κ3) is 2.47. The van der Waals surface area contributed by atoms with Gasteiger partial charge in [0, 0.05) is 11.7 Å². The molecule has 0 saturated heterocycles. The third-order valence-corrected chi connectivity index (χ3v) is 4.12. The molecular formula is C13H18IN. The van der Waals surface area contributed by atoms with Gasteiger partial charge in [0.05, 0.1) is 22.9 Å². The largest absolute Gasteiger partial charge is 0.311 e. The molecule has 0 aromatic heterocycles. The van der Waals surface area contributed by atoms with E-state index in [1.807, 2.05) is 0 Å². The van der Waals surface area contributed by atoms with E-state index in [4.69, 9.17) is 0 Å². The van der Waals surface area contributed by atoms with Crippen molar-refractivity contribution in [1.82, 2.24) is 0 Å². The number of benzene rings is 1. The predicted octanol–water partition coefficient (Wildman–Crippen LogP) is 4.30. The number of nitrogens with zero attached hydrogens (tertiary/aromatic N) is 1. The van der Waals surface area contributed by atoms with Crippen LogP contribution in [0.1, 0.15) is 39.2 Å². The van der Waals surface area contributed by atoms with E-state index in [9.17, 15) is 0 Å². The molecule has 0 radical (unpaired) electrons. The second kappa shape index (κ2) is 3.96. The SMILES string of the molecule is CC(C)(C)c1ccccc1N(I)C1CC1. The highest BCUT2D eigenvalue weighted by molar-refractivity contribution is 14.1. The molecule has 1 nitrogen and oxygen atoms in total. The molecule has 0 heterocycles.